The normalized spacial score (nSPS) is 10.5. The molecule has 2 rings (SSSR count). The van der Waals surface area contributed by atoms with Gasteiger partial charge in [-0.3, -0.25) is 0 Å². The maximum Gasteiger partial charge on any atom is 0.180 e. The highest BCUT2D eigenvalue weighted by Gasteiger charge is 2.03. The number of halogens is 1. The Morgan fingerprint density at radius 2 is 2.29 bits per heavy atom. The Morgan fingerprint density at radius 1 is 1.41 bits per heavy atom. The second kappa shape index (κ2) is 5.84. The maximum atomic E-state index is 5.29. The van der Waals surface area contributed by atoms with Crippen LogP contribution in [0, 0.1) is 0 Å². The molecule has 1 aromatic carbocycles. The predicted octanol–water partition coefficient (Wildman–Crippen LogP) is 2.74. The minimum atomic E-state index is 0.673. The van der Waals surface area contributed by atoms with Crippen LogP contribution >= 0.6 is 15.9 Å². The molecule has 0 aliphatic rings. The van der Waals surface area contributed by atoms with Crippen LogP contribution in [-0.4, -0.2) is 12.1 Å². The molecule has 0 saturated carbocycles. The molecular weight excluding hydrogens is 284 g/mol. The molecule has 17 heavy (non-hydrogen) atoms. The fraction of sp³-hybridized carbons (Fsp3) is 0.250. The second-order valence-electron chi connectivity index (χ2n) is 3.54. The molecule has 0 unspecified atom stereocenters. The van der Waals surface area contributed by atoms with Crippen LogP contribution in [0.15, 0.2) is 39.7 Å². The smallest absolute Gasteiger partial charge is 0.180 e. The zero-order valence-corrected chi connectivity index (χ0v) is 11.0. The summed E-state index contributed by atoms with van der Waals surface area (Å²) in [7, 11) is 1.67. The first-order valence-corrected chi connectivity index (χ1v) is 5.99. The predicted molar refractivity (Wildman–Crippen MR) is 67.7 cm³/mol. The Labute approximate surface area is 108 Å². The van der Waals surface area contributed by atoms with Crippen LogP contribution in [0.4, 0.5) is 0 Å². The van der Waals surface area contributed by atoms with Crippen LogP contribution in [0.25, 0.3) is 0 Å². The number of benzene rings is 1. The fourth-order valence-electron chi connectivity index (χ4n) is 1.54. The van der Waals surface area contributed by atoms with Gasteiger partial charge in [0.25, 0.3) is 0 Å². The van der Waals surface area contributed by atoms with Crippen molar-refractivity contribution < 1.29 is 9.15 Å². The lowest BCUT2D eigenvalue weighted by Crippen LogP contribution is -2.13. The summed E-state index contributed by atoms with van der Waals surface area (Å²) in [6.45, 7) is 1.39. The summed E-state index contributed by atoms with van der Waals surface area (Å²) in [5.74, 6) is 0.876. The van der Waals surface area contributed by atoms with E-state index in [0.29, 0.717) is 6.54 Å². The Hall–Kier alpha value is -1.33. The van der Waals surface area contributed by atoms with Crippen molar-refractivity contribution in [2.75, 3.05) is 7.11 Å². The average Bonchev–Trinajstić information content (AvgIpc) is 2.82. The molecule has 90 valence electrons. The molecule has 2 aromatic rings. The van der Waals surface area contributed by atoms with Crippen LogP contribution in [0.3, 0.4) is 0 Å². The second-order valence-corrected chi connectivity index (χ2v) is 4.46. The van der Waals surface area contributed by atoms with E-state index in [1.54, 1.807) is 13.4 Å². The largest absolute Gasteiger partial charge is 0.496 e. The van der Waals surface area contributed by atoms with Gasteiger partial charge in [-0.25, -0.2) is 4.98 Å². The standard InChI is InChI=1S/C12H13BrN2O2/c1-16-12-3-2-10(13)4-9(12)5-14-6-11-7-17-8-15-11/h2-4,7-8,14H,5-6H2,1H3. The summed E-state index contributed by atoms with van der Waals surface area (Å²) in [6, 6.07) is 5.94. The third kappa shape index (κ3) is 3.31. The van der Waals surface area contributed by atoms with Crippen LogP contribution in [0.2, 0.25) is 0 Å². The van der Waals surface area contributed by atoms with E-state index < -0.39 is 0 Å². The number of ether oxygens (including phenoxy) is 1. The topological polar surface area (TPSA) is 47.3 Å². The van der Waals surface area contributed by atoms with E-state index in [9.17, 15) is 0 Å². The zero-order valence-electron chi connectivity index (χ0n) is 9.44. The number of rotatable bonds is 5. The Kier molecular flexibility index (Phi) is 4.17. The van der Waals surface area contributed by atoms with Crippen molar-refractivity contribution in [1.29, 1.82) is 0 Å². The molecule has 5 heteroatoms. The Morgan fingerprint density at radius 3 is 3.00 bits per heavy atom. The minimum absolute atomic E-state index is 0.673. The summed E-state index contributed by atoms with van der Waals surface area (Å²) >= 11 is 3.45. The molecule has 0 amide bonds. The molecule has 0 saturated heterocycles. The lowest BCUT2D eigenvalue weighted by Gasteiger charge is -2.09. The van der Waals surface area contributed by atoms with E-state index >= 15 is 0 Å². The van der Waals surface area contributed by atoms with Gasteiger partial charge in [-0.2, -0.15) is 0 Å². The van der Waals surface area contributed by atoms with Gasteiger partial charge in [-0.05, 0) is 18.2 Å². The monoisotopic (exact) mass is 296 g/mol. The summed E-state index contributed by atoms with van der Waals surface area (Å²) in [5, 5.41) is 3.28. The summed E-state index contributed by atoms with van der Waals surface area (Å²) in [6.07, 6.45) is 3.06. The fourth-order valence-corrected chi connectivity index (χ4v) is 1.94. The van der Waals surface area contributed by atoms with Gasteiger partial charge < -0.3 is 14.5 Å². The molecule has 0 aliphatic carbocycles. The molecule has 0 radical (unpaired) electrons. The van der Waals surface area contributed by atoms with E-state index in [1.807, 2.05) is 18.2 Å². The lowest BCUT2D eigenvalue weighted by molar-refractivity contribution is 0.407. The van der Waals surface area contributed by atoms with Crippen LogP contribution < -0.4 is 10.1 Å². The summed E-state index contributed by atoms with van der Waals surface area (Å²) in [4.78, 5) is 4.04. The minimum Gasteiger partial charge on any atom is -0.496 e. The van der Waals surface area contributed by atoms with Crippen LogP contribution in [0.5, 0.6) is 5.75 Å². The van der Waals surface area contributed by atoms with Gasteiger partial charge >= 0.3 is 0 Å². The molecule has 0 fully saturated rings. The van der Waals surface area contributed by atoms with E-state index in [0.717, 1.165) is 28.0 Å². The average molecular weight is 297 g/mol. The highest BCUT2D eigenvalue weighted by molar-refractivity contribution is 9.10. The highest BCUT2D eigenvalue weighted by atomic mass is 79.9. The number of methoxy groups -OCH3 is 1. The van der Waals surface area contributed by atoms with Gasteiger partial charge in [0.2, 0.25) is 0 Å². The van der Waals surface area contributed by atoms with Crippen molar-refractivity contribution in [1.82, 2.24) is 10.3 Å². The van der Waals surface area contributed by atoms with Gasteiger partial charge in [0.1, 0.15) is 12.0 Å². The highest BCUT2D eigenvalue weighted by Crippen LogP contribution is 2.22. The molecule has 0 bridgehead atoms. The molecule has 0 spiro atoms. The van der Waals surface area contributed by atoms with Crippen LogP contribution in [0.1, 0.15) is 11.3 Å². The van der Waals surface area contributed by atoms with E-state index in [4.69, 9.17) is 9.15 Å². The lowest BCUT2D eigenvalue weighted by atomic mass is 10.2. The first-order valence-electron chi connectivity index (χ1n) is 5.20. The van der Waals surface area contributed by atoms with Crippen molar-refractivity contribution in [3.8, 4) is 5.75 Å². The van der Waals surface area contributed by atoms with E-state index in [1.165, 1.54) is 6.39 Å². The van der Waals surface area contributed by atoms with Gasteiger partial charge in [0, 0.05) is 23.1 Å². The van der Waals surface area contributed by atoms with Crippen molar-refractivity contribution in [2.24, 2.45) is 0 Å². The van der Waals surface area contributed by atoms with Crippen LogP contribution in [-0.2, 0) is 13.1 Å². The molecule has 1 heterocycles. The first-order chi connectivity index (χ1) is 8.29. The van der Waals surface area contributed by atoms with E-state index in [2.05, 4.69) is 26.2 Å². The maximum absolute atomic E-state index is 5.29. The number of nitrogens with one attached hydrogen (secondary N) is 1. The molecule has 0 aliphatic heterocycles. The molecular formula is C12H13BrN2O2. The molecule has 4 nitrogen and oxygen atoms in total. The van der Waals surface area contributed by atoms with Crippen molar-refractivity contribution in [3.05, 3.63) is 46.6 Å². The van der Waals surface area contributed by atoms with Gasteiger partial charge in [-0.1, -0.05) is 15.9 Å². The number of hydrogen-bond donors (Lipinski definition) is 1. The third-order valence-corrected chi connectivity index (χ3v) is 2.84. The number of aromatic nitrogens is 1. The van der Waals surface area contributed by atoms with Crippen molar-refractivity contribution in [2.45, 2.75) is 13.1 Å². The Bertz CT molecular complexity index is 471. The van der Waals surface area contributed by atoms with Gasteiger partial charge in [-0.15, -0.1) is 0 Å². The van der Waals surface area contributed by atoms with Crippen molar-refractivity contribution in [3.63, 3.8) is 0 Å². The van der Waals surface area contributed by atoms with E-state index in [-0.39, 0.29) is 0 Å². The first kappa shape index (κ1) is 12.1. The third-order valence-electron chi connectivity index (χ3n) is 2.35. The SMILES string of the molecule is COc1ccc(Br)cc1CNCc1cocn1. The Balaban J connectivity index is 1.96. The molecule has 1 N–H and O–H groups in total. The number of hydrogen-bond acceptors (Lipinski definition) is 4. The molecule has 1 aromatic heterocycles. The van der Waals surface area contributed by atoms with Gasteiger partial charge in [0.05, 0.1) is 12.8 Å². The van der Waals surface area contributed by atoms with Gasteiger partial charge in [0.15, 0.2) is 6.39 Å². The summed E-state index contributed by atoms with van der Waals surface area (Å²) in [5.41, 5.74) is 1.99. The quantitative estimate of drug-likeness (QED) is 0.922. The number of oxazole rings is 1. The molecule has 0 atom stereocenters. The summed E-state index contributed by atoms with van der Waals surface area (Å²) < 4.78 is 11.2. The zero-order chi connectivity index (χ0) is 12.1. The number of nitrogens with zero attached hydrogens (tertiary/aromatic N) is 1. The van der Waals surface area contributed by atoms with Crippen molar-refractivity contribution >= 4 is 15.9 Å².